The lowest BCUT2D eigenvalue weighted by Gasteiger charge is -2.15. The highest BCUT2D eigenvalue weighted by Crippen LogP contribution is 2.35. The summed E-state index contributed by atoms with van der Waals surface area (Å²) in [6.07, 6.45) is 8.43. The summed E-state index contributed by atoms with van der Waals surface area (Å²) in [6, 6.07) is 6.09. The van der Waals surface area contributed by atoms with Gasteiger partial charge in [0, 0.05) is 36.0 Å². The molecule has 1 N–H and O–H groups in total. The first-order chi connectivity index (χ1) is 14.3. The third kappa shape index (κ3) is 4.36. The molecule has 8 heteroatoms. The second kappa shape index (κ2) is 8.57. The maximum atomic E-state index is 14.1. The van der Waals surface area contributed by atoms with Crippen LogP contribution in [0.15, 0.2) is 47.5 Å². The maximum Gasteiger partial charge on any atom is 0.301 e. The Balaban J connectivity index is 2.15. The van der Waals surface area contributed by atoms with E-state index in [9.17, 15) is 18.4 Å². The molecule has 0 bridgehead atoms. The van der Waals surface area contributed by atoms with Crippen LogP contribution in [0.4, 0.5) is 14.6 Å². The van der Waals surface area contributed by atoms with Crippen LogP contribution in [0, 0.1) is 24.0 Å². The van der Waals surface area contributed by atoms with Crippen molar-refractivity contribution in [3.63, 3.8) is 0 Å². The van der Waals surface area contributed by atoms with Crippen molar-refractivity contribution in [3.8, 4) is 35.0 Å². The Bertz CT molecular complexity index is 1230. The maximum absolute atomic E-state index is 14.1. The molecule has 0 unspecified atom stereocenters. The second-order valence-corrected chi connectivity index (χ2v) is 6.36. The molecule has 0 radical (unpaired) electrons. The molecule has 2 aromatic heterocycles. The van der Waals surface area contributed by atoms with Gasteiger partial charge in [-0.3, -0.25) is 14.9 Å². The minimum Gasteiger partial charge on any atom is -0.452 e. The van der Waals surface area contributed by atoms with E-state index in [0.717, 1.165) is 12.1 Å². The smallest absolute Gasteiger partial charge is 0.301 e. The molecule has 0 aliphatic heterocycles. The standard InChI is InChI=1S/C22H17F2N3O3/c1-4-13-8-14(12-27(3)22(13)29)16-10-20(26-21(28)5-2)25-11-19(16)30-18-7-6-15(23)9-17(18)24/h2,6-12H,4H2,1,3H3,(H,25,26,28). The lowest BCUT2D eigenvalue weighted by Crippen LogP contribution is -2.20. The molecule has 3 rings (SSSR count). The summed E-state index contributed by atoms with van der Waals surface area (Å²) >= 11 is 0. The number of aromatic nitrogens is 2. The van der Waals surface area contributed by atoms with E-state index in [1.54, 1.807) is 19.3 Å². The van der Waals surface area contributed by atoms with E-state index in [1.165, 1.54) is 16.8 Å². The molecule has 30 heavy (non-hydrogen) atoms. The number of hydrogen-bond acceptors (Lipinski definition) is 4. The van der Waals surface area contributed by atoms with Gasteiger partial charge in [0.15, 0.2) is 17.3 Å². The molecule has 0 aliphatic carbocycles. The van der Waals surface area contributed by atoms with E-state index in [2.05, 4.69) is 10.3 Å². The highest BCUT2D eigenvalue weighted by molar-refractivity contribution is 6.03. The first kappa shape index (κ1) is 20.7. The number of hydrogen-bond donors (Lipinski definition) is 1. The number of amides is 1. The lowest BCUT2D eigenvalue weighted by molar-refractivity contribution is -0.111. The fourth-order valence-corrected chi connectivity index (χ4v) is 2.83. The highest BCUT2D eigenvalue weighted by Gasteiger charge is 2.15. The van der Waals surface area contributed by atoms with Crippen molar-refractivity contribution in [3.05, 3.63) is 70.3 Å². The van der Waals surface area contributed by atoms with Crippen molar-refractivity contribution in [2.75, 3.05) is 5.32 Å². The third-order valence-electron chi connectivity index (χ3n) is 4.30. The number of aryl methyl sites for hydroxylation is 2. The fourth-order valence-electron chi connectivity index (χ4n) is 2.83. The number of halogens is 2. The number of carbonyl (C=O) groups is 1. The number of pyridine rings is 2. The number of terminal acetylenes is 1. The van der Waals surface area contributed by atoms with Crippen LogP contribution in [-0.4, -0.2) is 15.5 Å². The van der Waals surface area contributed by atoms with Crippen molar-refractivity contribution in [1.82, 2.24) is 9.55 Å². The normalized spacial score (nSPS) is 10.4. The van der Waals surface area contributed by atoms with Gasteiger partial charge in [0.1, 0.15) is 11.6 Å². The van der Waals surface area contributed by atoms with Crippen molar-refractivity contribution in [2.45, 2.75) is 13.3 Å². The number of rotatable bonds is 5. The quantitative estimate of drug-likeness (QED) is 0.653. The Kier molecular flexibility index (Phi) is 5.93. The molecular weight excluding hydrogens is 392 g/mol. The monoisotopic (exact) mass is 409 g/mol. The molecule has 0 saturated heterocycles. The van der Waals surface area contributed by atoms with Crippen LogP contribution in [0.2, 0.25) is 0 Å². The fraction of sp³-hybridized carbons (Fsp3) is 0.136. The minimum atomic E-state index is -0.889. The van der Waals surface area contributed by atoms with Gasteiger partial charge in [-0.2, -0.15) is 0 Å². The summed E-state index contributed by atoms with van der Waals surface area (Å²) in [4.78, 5) is 27.8. The Morgan fingerprint density at radius 3 is 2.70 bits per heavy atom. The van der Waals surface area contributed by atoms with Crippen LogP contribution in [0.1, 0.15) is 12.5 Å². The molecule has 0 spiro atoms. The number of nitrogens with zero attached hydrogens (tertiary/aromatic N) is 2. The summed E-state index contributed by atoms with van der Waals surface area (Å²) in [5.74, 6) is -0.322. The van der Waals surface area contributed by atoms with E-state index in [0.29, 0.717) is 29.2 Å². The SMILES string of the molecule is C#CC(=O)Nc1cc(-c2cc(CC)c(=O)n(C)c2)c(Oc2ccc(F)cc2F)cn1. The predicted octanol–water partition coefficient (Wildman–Crippen LogP) is 3.65. The van der Waals surface area contributed by atoms with Gasteiger partial charge in [-0.15, -0.1) is 6.42 Å². The molecule has 152 valence electrons. The average Bonchev–Trinajstić information content (AvgIpc) is 2.72. The average molecular weight is 409 g/mol. The van der Waals surface area contributed by atoms with Gasteiger partial charge < -0.3 is 9.30 Å². The number of anilines is 1. The molecule has 0 saturated carbocycles. The van der Waals surface area contributed by atoms with E-state index in [-0.39, 0.29) is 22.9 Å². The molecule has 0 aliphatic rings. The zero-order valence-electron chi connectivity index (χ0n) is 16.2. The third-order valence-corrected chi connectivity index (χ3v) is 4.30. The lowest BCUT2D eigenvalue weighted by atomic mass is 10.0. The van der Waals surface area contributed by atoms with Crippen molar-refractivity contribution in [1.29, 1.82) is 0 Å². The predicted molar refractivity (Wildman–Crippen MR) is 108 cm³/mol. The van der Waals surface area contributed by atoms with Crippen molar-refractivity contribution in [2.24, 2.45) is 7.05 Å². The topological polar surface area (TPSA) is 73.2 Å². The largest absolute Gasteiger partial charge is 0.452 e. The van der Waals surface area contributed by atoms with Gasteiger partial charge in [-0.25, -0.2) is 13.8 Å². The Labute approximate surface area is 171 Å². The summed E-state index contributed by atoms with van der Waals surface area (Å²) in [6.45, 7) is 1.84. The Morgan fingerprint density at radius 2 is 2.03 bits per heavy atom. The summed E-state index contributed by atoms with van der Waals surface area (Å²) in [7, 11) is 1.60. The van der Waals surface area contributed by atoms with Crippen molar-refractivity contribution < 1.29 is 18.3 Å². The van der Waals surface area contributed by atoms with Crippen LogP contribution < -0.4 is 15.6 Å². The summed E-state index contributed by atoms with van der Waals surface area (Å²) in [5, 5.41) is 2.43. The van der Waals surface area contributed by atoms with E-state index in [4.69, 9.17) is 11.2 Å². The van der Waals surface area contributed by atoms with Crippen LogP contribution >= 0.6 is 0 Å². The van der Waals surface area contributed by atoms with Gasteiger partial charge in [0.05, 0.1) is 6.20 Å². The number of carbonyl (C=O) groups excluding carboxylic acids is 1. The van der Waals surface area contributed by atoms with Crippen molar-refractivity contribution >= 4 is 11.7 Å². The molecule has 0 fully saturated rings. The van der Waals surface area contributed by atoms with Crippen LogP contribution in [0.25, 0.3) is 11.1 Å². The molecular formula is C22H17F2N3O3. The van der Waals surface area contributed by atoms with E-state index >= 15 is 0 Å². The number of benzene rings is 1. The zero-order valence-corrected chi connectivity index (χ0v) is 16.2. The molecule has 6 nitrogen and oxygen atoms in total. The highest BCUT2D eigenvalue weighted by atomic mass is 19.1. The Morgan fingerprint density at radius 1 is 1.27 bits per heavy atom. The van der Waals surface area contributed by atoms with E-state index in [1.807, 2.05) is 12.8 Å². The summed E-state index contributed by atoms with van der Waals surface area (Å²) in [5.41, 5.74) is 1.40. The minimum absolute atomic E-state index is 0.139. The molecule has 3 aromatic rings. The molecule has 2 heterocycles. The van der Waals surface area contributed by atoms with Gasteiger partial charge in [0.2, 0.25) is 0 Å². The van der Waals surface area contributed by atoms with Crippen LogP contribution in [0.3, 0.4) is 0 Å². The molecule has 0 atom stereocenters. The number of nitrogens with one attached hydrogen (secondary N) is 1. The zero-order chi connectivity index (χ0) is 21.8. The first-order valence-electron chi connectivity index (χ1n) is 8.92. The first-order valence-corrected chi connectivity index (χ1v) is 8.92. The van der Waals surface area contributed by atoms with Crippen LogP contribution in [-0.2, 0) is 18.3 Å². The molecule has 1 amide bonds. The van der Waals surface area contributed by atoms with Gasteiger partial charge >= 0.3 is 5.91 Å². The van der Waals surface area contributed by atoms with Gasteiger partial charge in [-0.1, -0.05) is 6.92 Å². The van der Waals surface area contributed by atoms with Crippen LogP contribution in [0.5, 0.6) is 11.5 Å². The second-order valence-electron chi connectivity index (χ2n) is 6.36. The molecule has 1 aromatic carbocycles. The van der Waals surface area contributed by atoms with Gasteiger partial charge in [0.25, 0.3) is 5.56 Å². The van der Waals surface area contributed by atoms with Gasteiger partial charge in [-0.05, 0) is 36.6 Å². The summed E-state index contributed by atoms with van der Waals surface area (Å²) < 4.78 is 34.3. The Hall–Kier alpha value is -3.99. The number of ether oxygens (including phenoxy) is 1. The van der Waals surface area contributed by atoms with E-state index < -0.39 is 17.5 Å².